The number of benzene rings is 10. The van der Waals surface area contributed by atoms with Crippen molar-refractivity contribution >= 4 is 39.0 Å². The minimum Gasteiger partial charge on any atom is -0.454 e. The molecular formula is C62H39NO. The van der Waals surface area contributed by atoms with Gasteiger partial charge in [0.25, 0.3) is 0 Å². The molecule has 0 saturated heterocycles. The quantitative estimate of drug-likeness (QED) is 0.172. The number of fused-ring (bicyclic) bond motifs is 16. The number of hydrogen-bond acceptors (Lipinski definition) is 2. The Hall–Kier alpha value is -8.20. The highest BCUT2D eigenvalue weighted by Crippen LogP contribution is 2.65. The van der Waals surface area contributed by atoms with Crippen LogP contribution >= 0.6 is 0 Å². The summed E-state index contributed by atoms with van der Waals surface area (Å²) in [5, 5.41) is 2.21. The predicted molar refractivity (Wildman–Crippen MR) is 262 cm³/mol. The fourth-order valence-electron chi connectivity index (χ4n) is 12.2. The Balaban J connectivity index is 1.05. The van der Waals surface area contributed by atoms with E-state index in [1.807, 2.05) is 0 Å². The first-order valence-corrected chi connectivity index (χ1v) is 22.3. The van der Waals surface area contributed by atoms with Crippen molar-refractivity contribution in [2.45, 2.75) is 10.8 Å². The van der Waals surface area contributed by atoms with Crippen molar-refractivity contribution in [3.05, 3.63) is 281 Å². The van der Waals surface area contributed by atoms with Crippen LogP contribution in [-0.2, 0) is 10.8 Å². The predicted octanol–water partition coefficient (Wildman–Crippen LogP) is 15.8. The average molecular weight is 814 g/mol. The maximum absolute atomic E-state index is 6.90. The molecule has 0 N–H and O–H groups in total. The Bertz CT molecular complexity index is 3600. The summed E-state index contributed by atoms with van der Waals surface area (Å²) in [6, 6.07) is 87.5. The molecule has 0 amide bonds. The van der Waals surface area contributed by atoms with Crippen LogP contribution in [0.3, 0.4) is 0 Å². The van der Waals surface area contributed by atoms with Crippen LogP contribution in [0.4, 0.5) is 17.1 Å². The lowest BCUT2D eigenvalue weighted by molar-refractivity contribution is 0.669. The topological polar surface area (TPSA) is 16.4 Å². The molecule has 11 aromatic rings. The second-order valence-electron chi connectivity index (χ2n) is 17.4. The first-order chi connectivity index (χ1) is 31.8. The summed E-state index contributed by atoms with van der Waals surface area (Å²) < 4.78 is 6.90. The summed E-state index contributed by atoms with van der Waals surface area (Å²) in [5.41, 5.74) is 21.9. The van der Waals surface area contributed by atoms with Gasteiger partial charge in [-0.3, -0.25) is 0 Å². The van der Waals surface area contributed by atoms with Crippen LogP contribution in [0.15, 0.2) is 241 Å². The Labute approximate surface area is 372 Å². The second-order valence-corrected chi connectivity index (χ2v) is 17.4. The highest BCUT2D eigenvalue weighted by atomic mass is 16.3. The Morgan fingerprint density at radius 2 is 0.734 bits per heavy atom. The lowest BCUT2D eigenvalue weighted by Gasteiger charge is -2.35. The molecule has 64 heavy (non-hydrogen) atoms. The average Bonchev–Trinajstić information content (AvgIpc) is 4.08. The lowest BCUT2D eigenvalue weighted by Crippen LogP contribution is -2.28. The third-order valence-electron chi connectivity index (χ3n) is 14.6. The molecule has 14 rings (SSSR count). The van der Waals surface area contributed by atoms with Gasteiger partial charge in [-0.25, -0.2) is 0 Å². The molecule has 3 aliphatic carbocycles. The van der Waals surface area contributed by atoms with Crippen LogP contribution in [-0.4, -0.2) is 0 Å². The van der Waals surface area contributed by atoms with E-state index in [2.05, 4.69) is 241 Å². The van der Waals surface area contributed by atoms with Crippen molar-refractivity contribution in [3.63, 3.8) is 0 Å². The van der Waals surface area contributed by atoms with Crippen molar-refractivity contribution in [1.82, 2.24) is 0 Å². The summed E-state index contributed by atoms with van der Waals surface area (Å²) in [4.78, 5) is 2.46. The Morgan fingerprint density at radius 1 is 0.297 bits per heavy atom. The third-order valence-corrected chi connectivity index (χ3v) is 14.6. The van der Waals surface area contributed by atoms with Crippen molar-refractivity contribution in [2.24, 2.45) is 0 Å². The Kier molecular flexibility index (Phi) is 7.28. The molecular weight excluding hydrogens is 775 g/mol. The number of anilines is 3. The second kappa shape index (κ2) is 13.2. The van der Waals surface area contributed by atoms with Crippen molar-refractivity contribution in [2.75, 3.05) is 4.90 Å². The summed E-state index contributed by atoms with van der Waals surface area (Å²) in [6.45, 7) is 0. The molecule has 10 aromatic carbocycles. The normalized spacial score (nSPS) is 14.2. The summed E-state index contributed by atoms with van der Waals surface area (Å²) >= 11 is 0. The van der Waals surface area contributed by atoms with E-state index < -0.39 is 10.8 Å². The largest absolute Gasteiger partial charge is 0.454 e. The van der Waals surface area contributed by atoms with E-state index >= 15 is 0 Å². The minimum atomic E-state index is -0.501. The molecule has 1 spiro atoms. The van der Waals surface area contributed by atoms with Gasteiger partial charge in [0.15, 0.2) is 5.58 Å². The minimum absolute atomic E-state index is 0.471. The van der Waals surface area contributed by atoms with Crippen molar-refractivity contribution < 1.29 is 4.42 Å². The Morgan fingerprint density at radius 3 is 1.36 bits per heavy atom. The number of furan rings is 1. The van der Waals surface area contributed by atoms with Crippen LogP contribution in [0, 0.1) is 0 Å². The van der Waals surface area contributed by atoms with Crippen molar-refractivity contribution in [3.8, 4) is 33.4 Å². The number of hydrogen-bond donors (Lipinski definition) is 0. The molecule has 0 bridgehead atoms. The standard InChI is InChI=1S/C62H39NO/c1-2-18-40(19-3-1)61(50-27-10-4-20-43(50)44-21-5-11-28-51(44)61)41-36-38-42(39-37-41)63(57-34-16-26-48-47-24-9-15-35-58(47)64-60(48)57)56-33-17-32-55-59(56)49-25-8-14-31-54(49)62(55)52-29-12-6-22-45(52)46-23-7-13-30-53(46)62/h1-39H. The molecule has 0 radical (unpaired) electrons. The molecule has 0 saturated carbocycles. The van der Waals surface area contributed by atoms with Crippen LogP contribution in [0.5, 0.6) is 0 Å². The maximum atomic E-state index is 6.90. The first kappa shape index (κ1) is 35.4. The van der Waals surface area contributed by atoms with Crippen LogP contribution < -0.4 is 4.90 Å². The third kappa shape index (κ3) is 4.44. The molecule has 0 atom stereocenters. The fourth-order valence-corrected chi connectivity index (χ4v) is 12.2. The van der Waals surface area contributed by atoms with E-state index in [0.29, 0.717) is 0 Å². The number of rotatable bonds is 5. The van der Waals surface area contributed by atoms with E-state index in [4.69, 9.17) is 4.42 Å². The van der Waals surface area contributed by atoms with Gasteiger partial charge in [-0.1, -0.05) is 206 Å². The first-order valence-electron chi connectivity index (χ1n) is 22.3. The fraction of sp³-hybridized carbons (Fsp3) is 0.0323. The smallest absolute Gasteiger partial charge is 0.159 e. The monoisotopic (exact) mass is 813 g/mol. The van der Waals surface area contributed by atoms with Gasteiger partial charge < -0.3 is 9.32 Å². The van der Waals surface area contributed by atoms with Crippen LogP contribution in [0.1, 0.15) is 44.5 Å². The van der Waals surface area contributed by atoms with Gasteiger partial charge in [0.1, 0.15) is 5.58 Å². The van der Waals surface area contributed by atoms with Gasteiger partial charge in [0, 0.05) is 22.0 Å². The van der Waals surface area contributed by atoms with Crippen LogP contribution in [0.25, 0.3) is 55.3 Å². The molecule has 1 aromatic heterocycles. The van der Waals surface area contributed by atoms with Gasteiger partial charge in [-0.05, 0) is 103 Å². The van der Waals surface area contributed by atoms with Gasteiger partial charge in [-0.2, -0.15) is 0 Å². The number of nitrogens with zero attached hydrogens (tertiary/aromatic N) is 1. The summed E-state index contributed by atoms with van der Waals surface area (Å²) in [6.07, 6.45) is 0. The summed E-state index contributed by atoms with van der Waals surface area (Å²) in [5.74, 6) is 0. The molecule has 3 aliphatic rings. The zero-order valence-electron chi connectivity index (χ0n) is 34.9. The number of para-hydroxylation sites is 2. The van der Waals surface area contributed by atoms with Gasteiger partial charge in [0.2, 0.25) is 0 Å². The molecule has 2 heteroatoms. The van der Waals surface area contributed by atoms with Crippen LogP contribution in [0.2, 0.25) is 0 Å². The highest BCUT2D eigenvalue weighted by molar-refractivity contribution is 6.11. The molecule has 0 fully saturated rings. The highest BCUT2D eigenvalue weighted by Gasteiger charge is 2.52. The molecule has 1 heterocycles. The molecule has 0 unspecified atom stereocenters. The zero-order valence-corrected chi connectivity index (χ0v) is 34.9. The summed E-state index contributed by atoms with van der Waals surface area (Å²) in [7, 11) is 0. The zero-order chi connectivity index (χ0) is 42.0. The van der Waals surface area contributed by atoms with E-state index in [1.165, 1.54) is 77.9 Å². The molecule has 298 valence electrons. The van der Waals surface area contributed by atoms with E-state index in [0.717, 1.165) is 39.0 Å². The van der Waals surface area contributed by atoms with Crippen molar-refractivity contribution in [1.29, 1.82) is 0 Å². The van der Waals surface area contributed by atoms with Gasteiger partial charge in [0.05, 0.1) is 22.2 Å². The van der Waals surface area contributed by atoms with Gasteiger partial charge in [-0.15, -0.1) is 0 Å². The SMILES string of the molecule is c1ccc(C2(c3ccc(N(c4cccc5c4-c4ccccc4C54c5ccccc5-c5ccccc54)c4cccc5c4oc4ccccc45)cc3)c3ccccc3-c3ccccc32)cc1. The lowest BCUT2D eigenvalue weighted by atomic mass is 9.67. The maximum Gasteiger partial charge on any atom is 0.159 e. The molecule has 2 nitrogen and oxygen atoms in total. The van der Waals surface area contributed by atoms with E-state index in [1.54, 1.807) is 0 Å². The van der Waals surface area contributed by atoms with E-state index in [9.17, 15) is 0 Å². The van der Waals surface area contributed by atoms with Gasteiger partial charge >= 0.3 is 0 Å². The van der Waals surface area contributed by atoms with E-state index in [-0.39, 0.29) is 0 Å². The molecule has 0 aliphatic heterocycles.